The standard InChI is InChI=1S/C9H19N3O2/c1-2-12(9(13)14)8-7-11-5-3-10-4-6-11/h10H,2-8H2,1H3,(H,13,14)/p-1. The maximum atomic E-state index is 10.6. The van der Waals surface area contributed by atoms with Crippen molar-refractivity contribution in [1.29, 1.82) is 0 Å². The first-order valence-corrected chi connectivity index (χ1v) is 5.13. The molecule has 0 spiro atoms. The zero-order valence-corrected chi connectivity index (χ0v) is 8.66. The molecule has 1 N–H and O–H groups in total. The molecule has 0 aliphatic carbocycles. The molecule has 1 aliphatic rings. The van der Waals surface area contributed by atoms with E-state index in [1.165, 1.54) is 4.90 Å². The highest BCUT2D eigenvalue weighted by Crippen LogP contribution is 1.94. The van der Waals surface area contributed by atoms with Gasteiger partial charge in [0.1, 0.15) is 6.09 Å². The molecule has 0 saturated carbocycles. The molecule has 0 aromatic heterocycles. The number of nitrogens with one attached hydrogen (secondary N) is 1. The molecule has 0 atom stereocenters. The van der Waals surface area contributed by atoms with Crippen molar-refractivity contribution in [3.05, 3.63) is 0 Å². The Bertz CT molecular complexity index is 181. The number of nitrogens with zero attached hydrogens (tertiary/aromatic N) is 2. The summed E-state index contributed by atoms with van der Waals surface area (Å²) in [5, 5.41) is 13.8. The van der Waals surface area contributed by atoms with Crippen LogP contribution in [0.15, 0.2) is 0 Å². The number of rotatable bonds is 4. The molecule has 0 unspecified atom stereocenters. The van der Waals surface area contributed by atoms with Gasteiger partial charge < -0.3 is 20.1 Å². The second kappa shape index (κ2) is 5.82. The second-order valence-corrected chi connectivity index (χ2v) is 3.44. The lowest BCUT2D eigenvalue weighted by atomic mass is 10.3. The Labute approximate surface area is 84.7 Å². The van der Waals surface area contributed by atoms with Gasteiger partial charge in [0.15, 0.2) is 0 Å². The molecule has 0 radical (unpaired) electrons. The van der Waals surface area contributed by atoms with E-state index in [2.05, 4.69) is 10.2 Å². The zero-order chi connectivity index (χ0) is 10.4. The number of piperazine rings is 1. The Balaban J connectivity index is 2.20. The van der Waals surface area contributed by atoms with Crippen LogP contribution in [0.5, 0.6) is 0 Å². The summed E-state index contributed by atoms with van der Waals surface area (Å²) >= 11 is 0. The molecule has 0 aromatic carbocycles. The van der Waals surface area contributed by atoms with Gasteiger partial charge in [0.05, 0.1) is 0 Å². The van der Waals surface area contributed by atoms with E-state index in [0.717, 1.165) is 32.7 Å². The molecule has 1 saturated heterocycles. The normalized spacial score (nSPS) is 18.1. The maximum Gasteiger partial charge on any atom is 0.136 e. The molecule has 0 aromatic rings. The highest BCUT2D eigenvalue weighted by Gasteiger charge is 2.10. The van der Waals surface area contributed by atoms with Crippen molar-refractivity contribution >= 4 is 6.09 Å². The molecular weight excluding hydrogens is 182 g/mol. The fraction of sp³-hybridized carbons (Fsp3) is 0.889. The number of hydrogen-bond acceptors (Lipinski definition) is 4. The molecule has 1 fully saturated rings. The van der Waals surface area contributed by atoms with Crippen LogP contribution < -0.4 is 10.4 Å². The van der Waals surface area contributed by atoms with Crippen molar-refractivity contribution in [1.82, 2.24) is 15.1 Å². The molecular formula is C9H18N3O2-. The topological polar surface area (TPSA) is 58.6 Å². The van der Waals surface area contributed by atoms with Gasteiger partial charge >= 0.3 is 0 Å². The average molecular weight is 200 g/mol. The van der Waals surface area contributed by atoms with Gasteiger partial charge in [0.25, 0.3) is 0 Å². The van der Waals surface area contributed by atoms with E-state index in [-0.39, 0.29) is 0 Å². The third-order valence-electron chi connectivity index (χ3n) is 2.54. The van der Waals surface area contributed by atoms with Gasteiger partial charge in [0, 0.05) is 45.8 Å². The summed E-state index contributed by atoms with van der Waals surface area (Å²) in [6, 6.07) is 0. The van der Waals surface area contributed by atoms with E-state index >= 15 is 0 Å². The van der Waals surface area contributed by atoms with Crippen molar-refractivity contribution < 1.29 is 9.90 Å². The smallest absolute Gasteiger partial charge is 0.136 e. The van der Waals surface area contributed by atoms with Gasteiger partial charge in [-0.25, -0.2) is 0 Å². The monoisotopic (exact) mass is 200 g/mol. The zero-order valence-electron chi connectivity index (χ0n) is 8.66. The van der Waals surface area contributed by atoms with E-state index in [1.54, 1.807) is 0 Å². The Hall–Kier alpha value is -0.810. The van der Waals surface area contributed by atoms with Crippen molar-refractivity contribution in [2.75, 3.05) is 45.8 Å². The summed E-state index contributed by atoms with van der Waals surface area (Å²) in [7, 11) is 0. The minimum atomic E-state index is -1.07. The number of carbonyl (C=O) groups excluding carboxylic acids is 1. The van der Waals surface area contributed by atoms with Gasteiger partial charge in [-0.05, 0) is 6.92 Å². The molecule has 82 valence electrons. The van der Waals surface area contributed by atoms with Crippen molar-refractivity contribution in [2.24, 2.45) is 0 Å². The van der Waals surface area contributed by atoms with Crippen LogP contribution in [0.3, 0.4) is 0 Å². The Morgan fingerprint density at radius 1 is 1.50 bits per heavy atom. The average Bonchev–Trinajstić information content (AvgIpc) is 2.20. The van der Waals surface area contributed by atoms with Gasteiger partial charge in [-0.1, -0.05) is 0 Å². The lowest BCUT2D eigenvalue weighted by Gasteiger charge is -2.30. The molecule has 1 heterocycles. The van der Waals surface area contributed by atoms with Gasteiger partial charge in [-0.15, -0.1) is 0 Å². The third-order valence-corrected chi connectivity index (χ3v) is 2.54. The quantitative estimate of drug-likeness (QED) is 0.603. The number of carboxylic acid groups (broad SMARTS) is 1. The lowest BCUT2D eigenvalue weighted by Crippen LogP contribution is -2.49. The van der Waals surface area contributed by atoms with Crippen LogP contribution in [0.2, 0.25) is 0 Å². The molecule has 5 nitrogen and oxygen atoms in total. The molecule has 14 heavy (non-hydrogen) atoms. The summed E-state index contributed by atoms with van der Waals surface area (Å²) in [6.07, 6.45) is -1.07. The number of amides is 1. The summed E-state index contributed by atoms with van der Waals surface area (Å²) in [4.78, 5) is 14.2. The van der Waals surface area contributed by atoms with E-state index in [0.29, 0.717) is 13.1 Å². The number of likely N-dealkylation sites (N-methyl/N-ethyl adjacent to an activating group) is 1. The summed E-state index contributed by atoms with van der Waals surface area (Å²) in [5.41, 5.74) is 0. The SMILES string of the molecule is CCN(CCN1CCNCC1)C(=O)[O-]. The molecule has 1 aliphatic heterocycles. The summed E-state index contributed by atoms with van der Waals surface area (Å²) < 4.78 is 0. The lowest BCUT2D eigenvalue weighted by molar-refractivity contribution is -0.265. The maximum absolute atomic E-state index is 10.6. The molecule has 1 rings (SSSR count). The van der Waals surface area contributed by atoms with Crippen LogP contribution in [0.4, 0.5) is 4.79 Å². The van der Waals surface area contributed by atoms with Crippen molar-refractivity contribution in [2.45, 2.75) is 6.92 Å². The number of hydrogen-bond donors (Lipinski definition) is 1. The van der Waals surface area contributed by atoms with Crippen LogP contribution >= 0.6 is 0 Å². The summed E-state index contributed by atoms with van der Waals surface area (Å²) in [5.74, 6) is 0. The Morgan fingerprint density at radius 3 is 2.64 bits per heavy atom. The Morgan fingerprint density at radius 2 is 2.14 bits per heavy atom. The van der Waals surface area contributed by atoms with E-state index in [9.17, 15) is 9.90 Å². The van der Waals surface area contributed by atoms with E-state index in [4.69, 9.17) is 0 Å². The van der Waals surface area contributed by atoms with Gasteiger partial charge in [-0.2, -0.15) is 0 Å². The predicted octanol–water partition coefficient (Wildman–Crippen LogP) is -1.44. The van der Waals surface area contributed by atoms with Crippen LogP contribution in [-0.4, -0.2) is 61.7 Å². The Kier molecular flexibility index (Phi) is 4.69. The first-order valence-electron chi connectivity index (χ1n) is 5.13. The first kappa shape index (κ1) is 11.3. The van der Waals surface area contributed by atoms with Crippen molar-refractivity contribution in [3.63, 3.8) is 0 Å². The largest absolute Gasteiger partial charge is 0.530 e. The minimum Gasteiger partial charge on any atom is -0.530 e. The first-order chi connectivity index (χ1) is 6.74. The summed E-state index contributed by atoms with van der Waals surface area (Å²) in [6.45, 7) is 7.70. The highest BCUT2D eigenvalue weighted by molar-refractivity contribution is 5.62. The van der Waals surface area contributed by atoms with Crippen LogP contribution in [0.25, 0.3) is 0 Å². The van der Waals surface area contributed by atoms with Crippen LogP contribution in [-0.2, 0) is 0 Å². The molecule has 1 amide bonds. The number of carbonyl (C=O) groups is 1. The molecule has 0 bridgehead atoms. The second-order valence-electron chi connectivity index (χ2n) is 3.44. The predicted molar refractivity (Wildman–Crippen MR) is 52.0 cm³/mol. The van der Waals surface area contributed by atoms with E-state index in [1.807, 2.05) is 6.92 Å². The third kappa shape index (κ3) is 3.51. The van der Waals surface area contributed by atoms with Gasteiger partial charge in [-0.3, -0.25) is 4.90 Å². The molecule has 5 heteroatoms. The minimum absolute atomic E-state index is 0.508. The fourth-order valence-electron chi connectivity index (χ4n) is 1.58. The highest BCUT2D eigenvalue weighted by atomic mass is 16.4. The fourth-order valence-corrected chi connectivity index (χ4v) is 1.58. The van der Waals surface area contributed by atoms with Crippen molar-refractivity contribution in [3.8, 4) is 0 Å². The van der Waals surface area contributed by atoms with Crippen LogP contribution in [0.1, 0.15) is 6.92 Å². The van der Waals surface area contributed by atoms with Gasteiger partial charge in [0.2, 0.25) is 0 Å². The van der Waals surface area contributed by atoms with E-state index < -0.39 is 6.09 Å². The van der Waals surface area contributed by atoms with Crippen LogP contribution in [0, 0.1) is 0 Å².